The van der Waals surface area contributed by atoms with E-state index in [1.165, 1.54) is 19.2 Å². The normalized spacial score (nSPS) is 12.7. The number of hydrogen-bond acceptors (Lipinski definition) is 5. The quantitative estimate of drug-likeness (QED) is 0.436. The molecule has 126 valence electrons. The van der Waals surface area contributed by atoms with E-state index in [9.17, 15) is 17.2 Å². The molecule has 3 rings (SSSR count). The van der Waals surface area contributed by atoms with Gasteiger partial charge in [0, 0.05) is 18.1 Å². The monoisotopic (exact) mass is 371 g/mol. The Morgan fingerprint density at radius 3 is 2.28 bits per heavy atom. The van der Waals surface area contributed by atoms with Gasteiger partial charge in [-0.2, -0.15) is 0 Å². The van der Waals surface area contributed by atoms with Crippen LogP contribution in [-0.4, -0.2) is 28.3 Å². The van der Waals surface area contributed by atoms with Crippen molar-refractivity contribution in [3.05, 3.63) is 60.2 Å². The number of aromatic nitrogens is 1. The Hall–Kier alpha value is -1.40. The summed E-state index contributed by atoms with van der Waals surface area (Å²) in [6.45, 7) is -0.0128. The molecule has 3 aromatic rings. The van der Waals surface area contributed by atoms with Crippen LogP contribution in [0.15, 0.2) is 64.5 Å². The van der Waals surface area contributed by atoms with Crippen molar-refractivity contribution in [1.29, 1.82) is 0 Å². The smallest absolute Gasteiger partial charge is 0.767 e. The number of benzene rings is 2. The summed E-state index contributed by atoms with van der Waals surface area (Å²) < 4.78 is 55.7. The summed E-state index contributed by atoms with van der Waals surface area (Å²) in [6.07, 6.45) is 0. The Labute approximate surface area is 160 Å². The zero-order chi connectivity index (χ0) is 17.3. The fraction of sp³-hybridized carbons (Fsp3) is 0.125. The van der Waals surface area contributed by atoms with E-state index in [-0.39, 0.29) is 35.4 Å². The minimum absolute atomic E-state index is 0. The molecule has 0 saturated carbocycles. The number of rotatable bonds is 5. The first kappa shape index (κ1) is 19.9. The number of ether oxygens (including phenoxy) is 1. The average Bonchev–Trinajstić information content (AvgIpc) is 2.92. The molecule has 0 bridgehead atoms. The molecule has 0 aliphatic carbocycles. The molecule has 1 unspecified atom stereocenters. The molecule has 1 aromatic heterocycles. The number of para-hydroxylation sites is 1. The van der Waals surface area contributed by atoms with Crippen LogP contribution < -0.4 is 18.9 Å². The van der Waals surface area contributed by atoms with Crippen molar-refractivity contribution in [2.24, 2.45) is 0 Å². The molecule has 9 heteroatoms. The topological polar surface area (TPSA) is 88.4 Å². The molecule has 0 amide bonds. The SMILES string of the molecule is COCc1c(S(=O)[O-])n(S(=O)(=O)c2ccccc2)c2ccccc12.[Li+]. The van der Waals surface area contributed by atoms with Gasteiger partial charge in [-0.15, -0.1) is 0 Å². The van der Waals surface area contributed by atoms with Crippen LogP contribution in [0.4, 0.5) is 0 Å². The standard InChI is InChI=1S/C16H15NO5S2.Li/c1-22-11-14-13-9-5-6-10-15(13)17(16(14)23(18)19)24(20,21)12-7-3-2-4-8-12;/h2-10H,11H2,1H3,(H,18,19);/q;+1/p-1. The van der Waals surface area contributed by atoms with E-state index in [2.05, 4.69) is 0 Å². The average molecular weight is 371 g/mol. The van der Waals surface area contributed by atoms with Gasteiger partial charge in [0.25, 0.3) is 10.0 Å². The third-order valence-electron chi connectivity index (χ3n) is 3.62. The molecular formula is C16H14LiNO5S2. The van der Waals surface area contributed by atoms with Crippen LogP contribution >= 0.6 is 0 Å². The molecule has 1 atom stereocenters. The second kappa shape index (κ2) is 7.87. The van der Waals surface area contributed by atoms with E-state index in [0.717, 1.165) is 3.97 Å². The van der Waals surface area contributed by atoms with Gasteiger partial charge in [0.1, 0.15) is 5.03 Å². The van der Waals surface area contributed by atoms with Gasteiger partial charge in [0.05, 0.1) is 17.0 Å². The Kier molecular flexibility index (Phi) is 6.27. The molecule has 25 heavy (non-hydrogen) atoms. The van der Waals surface area contributed by atoms with E-state index < -0.39 is 21.1 Å². The minimum atomic E-state index is -4.07. The predicted octanol–water partition coefficient (Wildman–Crippen LogP) is -0.733. The van der Waals surface area contributed by atoms with Crippen LogP contribution in [0.5, 0.6) is 0 Å². The summed E-state index contributed by atoms with van der Waals surface area (Å²) in [5.74, 6) is 0. The van der Waals surface area contributed by atoms with Gasteiger partial charge in [-0.1, -0.05) is 36.4 Å². The molecule has 1 heterocycles. The minimum Gasteiger partial charge on any atom is -0.767 e. The number of fused-ring (bicyclic) bond motifs is 1. The summed E-state index contributed by atoms with van der Waals surface area (Å²) in [5.41, 5.74) is 0.619. The van der Waals surface area contributed by atoms with Crippen LogP contribution in [0, 0.1) is 0 Å². The first-order valence-electron chi connectivity index (χ1n) is 6.99. The van der Waals surface area contributed by atoms with E-state index in [1.54, 1.807) is 42.5 Å². The van der Waals surface area contributed by atoms with Gasteiger partial charge >= 0.3 is 18.9 Å². The fourth-order valence-corrected chi connectivity index (χ4v) is 5.18. The zero-order valence-corrected chi connectivity index (χ0v) is 15.3. The van der Waals surface area contributed by atoms with Crippen LogP contribution in [0.2, 0.25) is 0 Å². The van der Waals surface area contributed by atoms with Crippen LogP contribution in [-0.2, 0) is 32.4 Å². The Morgan fingerprint density at radius 2 is 1.68 bits per heavy atom. The fourth-order valence-electron chi connectivity index (χ4n) is 2.64. The molecule has 2 aromatic carbocycles. The molecule has 0 N–H and O–H groups in total. The summed E-state index contributed by atoms with van der Waals surface area (Å²) in [7, 11) is -2.64. The van der Waals surface area contributed by atoms with Gasteiger partial charge < -0.3 is 9.29 Å². The maximum Gasteiger partial charge on any atom is 1.00 e. The molecule has 0 aliphatic rings. The third-order valence-corrected chi connectivity index (χ3v) is 6.21. The van der Waals surface area contributed by atoms with Crippen LogP contribution in [0.3, 0.4) is 0 Å². The van der Waals surface area contributed by atoms with Crippen molar-refractivity contribution in [3.8, 4) is 0 Å². The van der Waals surface area contributed by atoms with Gasteiger partial charge in [-0.25, -0.2) is 12.4 Å². The van der Waals surface area contributed by atoms with Crippen LogP contribution in [0.25, 0.3) is 10.9 Å². The molecule has 6 nitrogen and oxygen atoms in total. The second-order valence-corrected chi connectivity index (χ2v) is 7.69. The maximum atomic E-state index is 13.0. The summed E-state index contributed by atoms with van der Waals surface area (Å²) in [5, 5.41) is 0.222. The summed E-state index contributed by atoms with van der Waals surface area (Å²) in [4.78, 5) is 0.0152. The first-order chi connectivity index (χ1) is 11.5. The zero-order valence-electron chi connectivity index (χ0n) is 13.7. The Bertz CT molecular complexity index is 1020. The molecule has 0 aliphatic heterocycles. The molecular weight excluding hydrogens is 357 g/mol. The molecule has 0 spiro atoms. The van der Waals surface area contributed by atoms with E-state index in [0.29, 0.717) is 16.5 Å². The molecule has 0 fully saturated rings. The summed E-state index contributed by atoms with van der Waals surface area (Å²) >= 11 is -2.75. The van der Waals surface area contributed by atoms with Gasteiger partial charge in [0.2, 0.25) is 0 Å². The molecule has 0 saturated heterocycles. The third kappa shape index (κ3) is 3.47. The van der Waals surface area contributed by atoms with Crippen molar-refractivity contribution < 1.29 is 40.8 Å². The first-order valence-corrected chi connectivity index (χ1v) is 9.51. The Balaban J connectivity index is 0.00000225. The van der Waals surface area contributed by atoms with Gasteiger partial charge in [-0.3, -0.25) is 4.21 Å². The van der Waals surface area contributed by atoms with Crippen molar-refractivity contribution in [3.63, 3.8) is 0 Å². The maximum absolute atomic E-state index is 13.0. The largest absolute Gasteiger partial charge is 1.00 e. The predicted molar refractivity (Wildman–Crippen MR) is 88.9 cm³/mol. The number of nitrogens with zero attached hydrogens (tertiary/aromatic N) is 1. The van der Waals surface area contributed by atoms with Gasteiger partial charge in [-0.05, 0) is 29.3 Å². The summed E-state index contributed by atoms with van der Waals surface area (Å²) in [6, 6.07) is 14.4. The Morgan fingerprint density at radius 1 is 1.08 bits per heavy atom. The van der Waals surface area contributed by atoms with Crippen molar-refractivity contribution in [2.45, 2.75) is 16.5 Å². The molecule has 0 radical (unpaired) electrons. The van der Waals surface area contributed by atoms with E-state index in [4.69, 9.17) is 4.74 Å². The van der Waals surface area contributed by atoms with Crippen molar-refractivity contribution in [1.82, 2.24) is 3.97 Å². The number of methoxy groups -OCH3 is 1. The van der Waals surface area contributed by atoms with Crippen LogP contribution in [0.1, 0.15) is 5.56 Å². The van der Waals surface area contributed by atoms with Crippen molar-refractivity contribution in [2.75, 3.05) is 7.11 Å². The van der Waals surface area contributed by atoms with Crippen molar-refractivity contribution >= 4 is 32.0 Å². The van der Waals surface area contributed by atoms with E-state index in [1.807, 2.05) is 0 Å². The number of hydrogen-bond donors (Lipinski definition) is 0. The van der Waals surface area contributed by atoms with E-state index >= 15 is 0 Å². The van der Waals surface area contributed by atoms with Gasteiger partial charge in [0.15, 0.2) is 0 Å². The second-order valence-electron chi connectivity index (χ2n) is 5.05.